The van der Waals surface area contributed by atoms with E-state index in [-0.39, 0.29) is 6.04 Å². The molecule has 1 aromatic carbocycles. The fraction of sp³-hybridized carbons (Fsp3) is 0.500. The van der Waals surface area contributed by atoms with Crippen molar-refractivity contribution in [2.75, 3.05) is 13.1 Å². The largest absolute Gasteiger partial charge is 0.243 e. The predicted octanol–water partition coefficient (Wildman–Crippen LogP) is 1.79. The zero-order valence-electron chi connectivity index (χ0n) is 11.7. The van der Waals surface area contributed by atoms with Crippen LogP contribution in [0.25, 0.3) is 0 Å². The van der Waals surface area contributed by atoms with Gasteiger partial charge >= 0.3 is 0 Å². The van der Waals surface area contributed by atoms with Crippen molar-refractivity contribution < 1.29 is 13.2 Å². The highest BCUT2D eigenvalue weighted by Gasteiger charge is 2.30. The van der Waals surface area contributed by atoms with Crippen molar-refractivity contribution in [3.63, 3.8) is 0 Å². The van der Waals surface area contributed by atoms with Crippen molar-refractivity contribution in [2.45, 2.75) is 37.6 Å². The third kappa shape index (κ3) is 2.98. The molecule has 0 aliphatic carbocycles. The van der Waals surface area contributed by atoms with Crippen molar-refractivity contribution >= 4 is 16.1 Å². The molecule has 0 saturated carbocycles. The predicted molar refractivity (Wildman–Crippen MR) is 75.8 cm³/mol. The van der Waals surface area contributed by atoms with Gasteiger partial charge in [-0.25, -0.2) is 18.2 Å². The Morgan fingerprint density at radius 3 is 2.45 bits per heavy atom. The topological polar surface area (TPSA) is 66.8 Å². The summed E-state index contributed by atoms with van der Waals surface area (Å²) >= 11 is 0. The molecule has 1 fully saturated rings. The molecule has 0 radical (unpaired) electrons. The highest BCUT2D eigenvalue weighted by molar-refractivity contribution is 7.89. The summed E-state index contributed by atoms with van der Waals surface area (Å²) in [4.78, 5) is 14.3. The molecule has 1 aliphatic rings. The number of nitrogens with zero attached hydrogens (tertiary/aromatic N) is 2. The number of aryl methyl sites for hydroxylation is 2. The van der Waals surface area contributed by atoms with Crippen molar-refractivity contribution in [1.82, 2.24) is 4.31 Å². The number of sulfonamides is 1. The fourth-order valence-electron chi connectivity index (χ4n) is 2.51. The summed E-state index contributed by atoms with van der Waals surface area (Å²) in [5.74, 6) is 0. The molecule has 0 amide bonds. The minimum absolute atomic E-state index is 0.0990. The maximum Gasteiger partial charge on any atom is 0.243 e. The van der Waals surface area contributed by atoms with Gasteiger partial charge in [0.15, 0.2) is 0 Å². The summed E-state index contributed by atoms with van der Waals surface area (Å²) in [6.45, 7) is 4.53. The number of isocyanates is 1. The number of hydrogen-bond acceptors (Lipinski definition) is 4. The first-order valence-corrected chi connectivity index (χ1v) is 8.03. The SMILES string of the molecule is Cc1ccc(S(=O)(=O)N2CCC(N=C=O)CC2)c(C)c1. The Kier molecular flexibility index (Phi) is 4.38. The van der Waals surface area contributed by atoms with Gasteiger partial charge in [0.05, 0.1) is 10.9 Å². The highest BCUT2D eigenvalue weighted by atomic mass is 32.2. The summed E-state index contributed by atoms with van der Waals surface area (Å²) in [5.41, 5.74) is 1.80. The lowest BCUT2D eigenvalue weighted by molar-refractivity contribution is 0.320. The second-order valence-corrected chi connectivity index (χ2v) is 7.03. The second-order valence-electron chi connectivity index (χ2n) is 5.12. The molecule has 0 N–H and O–H groups in total. The van der Waals surface area contributed by atoms with Gasteiger partial charge in [-0.1, -0.05) is 17.7 Å². The molecule has 0 spiro atoms. The van der Waals surface area contributed by atoms with Gasteiger partial charge in [0.25, 0.3) is 0 Å². The molecule has 0 atom stereocenters. The average molecular weight is 294 g/mol. The summed E-state index contributed by atoms with van der Waals surface area (Å²) in [7, 11) is -3.45. The highest BCUT2D eigenvalue weighted by Crippen LogP contribution is 2.24. The van der Waals surface area contributed by atoms with Crippen LogP contribution in [0.5, 0.6) is 0 Å². The van der Waals surface area contributed by atoms with Crippen LogP contribution in [0.1, 0.15) is 24.0 Å². The smallest absolute Gasteiger partial charge is 0.211 e. The van der Waals surface area contributed by atoms with E-state index in [4.69, 9.17) is 0 Å². The molecule has 2 rings (SSSR count). The third-order valence-corrected chi connectivity index (χ3v) is 5.67. The Morgan fingerprint density at radius 2 is 1.90 bits per heavy atom. The van der Waals surface area contributed by atoms with Crippen molar-refractivity contribution in [3.8, 4) is 0 Å². The van der Waals surface area contributed by atoms with Gasteiger partial charge in [-0.15, -0.1) is 0 Å². The van der Waals surface area contributed by atoms with Gasteiger partial charge in [-0.3, -0.25) is 0 Å². The zero-order valence-corrected chi connectivity index (χ0v) is 12.5. The molecule has 0 unspecified atom stereocenters. The Balaban J connectivity index is 2.21. The number of benzene rings is 1. The van der Waals surface area contributed by atoms with E-state index >= 15 is 0 Å². The Hall–Kier alpha value is -1.49. The van der Waals surface area contributed by atoms with E-state index in [1.54, 1.807) is 12.1 Å². The quantitative estimate of drug-likeness (QED) is 0.630. The van der Waals surface area contributed by atoms with E-state index in [2.05, 4.69) is 4.99 Å². The lowest BCUT2D eigenvalue weighted by Gasteiger charge is -2.29. The van der Waals surface area contributed by atoms with Gasteiger partial charge in [0.1, 0.15) is 0 Å². The number of piperidine rings is 1. The van der Waals surface area contributed by atoms with Crippen LogP contribution in [0.4, 0.5) is 0 Å². The van der Waals surface area contributed by atoms with Gasteiger partial charge in [-0.2, -0.15) is 4.31 Å². The molecule has 6 heteroatoms. The van der Waals surface area contributed by atoms with Crippen LogP contribution in [-0.4, -0.2) is 37.9 Å². The van der Waals surface area contributed by atoms with Gasteiger partial charge < -0.3 is 0 Å². The summed E-state index contributed by atoms with van der Waals surface area (Å²) in [6, 6.07) is 5.24. The minimum atomic E-state index is -3.45. The van der Waals surface area contributed by atoms with Crippen molar-refractivity contribution in [3.05, 3.63) is 29.3 Å². The first-order valence-electron chi connectivity index (χ1n) is 6.59. The lowest BCUT2D eigenvalue weighted by Crippen LogP contribution is -2.39. The van der Waals surface area contributed by atoms with E-state index < -0.39 is 10.0 Å². The van der Waals surface area contributed by atoms with Crippen LogP contribution in [-0.2, 0) is 14.8 Å². The molecule has 108 valence electrons. The van der Waals surface area contributed by atoms with E-state index in [0.717, 1.165) is 11.1 Å². The van der Waals surface area contributed by atoms with E-state index in [1.165, 1.54) is 4.31 Å². The minimum Gasteiger partial charge on any atom is -0.211 e. The summed E-state index contributed by atoms with van der Waals surface area (Å²) < 4.78 is 26.7. The number of rotatable bonds is 3. The van der Waals surface area contributed by atoms with Gasteiger partial charge in [0.2, 0.25) is 16.1 Å². The Bertz CT molecular complexity index is 640. The van der Waals surface area contributed by atoms with Gasteiger partial charge in [-0.05, 0) is 38.3 Å². The van der Waals surface area contributed by atoms with Crippen LogP contribution < -0.4 is 0 Å². The van der Waals surface area contributed by atoms with Gasteiger partial charge in [0, 0.05) is 13.1 Å². The maximum atomic E-state index is 12.6. The number of hydrogen-bond donors (Lipinski definition) is 0. The first kappa shape index (κ1) is 14.9. The van der Waals surface area contributed by atoms with Crippen LogP contribution in [0, 0.1) is 13.8 Å². The number of aliphatic imine (C=N–C) groups is 1. The average Bonchev–Trinajstić information content (AvgIpc) is 2.39. The van der Waals surface area contributed by atoms with E-state index in [1.807, 2.05) is 26.0 Å². The van der Waals surface area contributed by atoms with Crippen LogP contribution in [0.2, 0.25) is 0 Å². The summed E-state index contributed by atoms with van der Waals surface area (Å²) in [5, 5.41) is 0. The summed E-state index contributed by atoms with van der Waals surface area (Å²) in [6.07, 6.45) is 2.68. The van der Waals surface area contributed by atoms with Crippen molar-refractivity contribution in [2.24, 2.45) is 4.99 Å². The molecule has 5 nitrogen and oxygen atoms in total. The van der Waals surface area contributed by atoms with E-state index in [0.29, 0.717) is 30.8 Å². The second kappa shape index (κ2) is 5.87. The molecular formula is C14H18N2O3S. The lowest BCUT2D eigenvalue weighted by atomic mass is 10.1. The molecule has 20 heavy (non-hydrogen) atoms. The molecule has 0 bridgehead atoms. The van der Waals surface area contributed by atoms with Crippen LogP contribution >= 0.6 is 0 Å². The van der Waals surface area contributed by atoms with Crippen LogP contribution in [0.15, 0.2) is 28.1 Å². The molecule has 1 aromatic rings. The molecule has 0 aromatic heterocycles. The van der Waals surface area contributed by atoms with E-state index in [9.17, 15) is 13.2 Å². The molecule has 1 aliphatic heterocycles. The molecular weight excluding hydrogens is 276 g/mol. The molecule has 1 saturated heterocycles. The zero-order chi connectivity index (χ0) is 14.8. The molecule has 1 heterocycles. The first-order chi connectivity index (χ1) is 9.45. The fourth-order valence-corrected chi connectivity index (χ4v) is 4.19. The maximum absolute atomic E-state index is 12.6. The third-order valence-electron chi connectivity index (χ3n) is 3.61. The van der Waals surface area contributed by atoms with Crippen molar-refractivity contribution in [1.29, 1.82) is 0 Å². The monoisotopic (exact) mass is 294 g/mol. The standard InChI is InChI=1S/C14H18N2O3S/c1-11-3-4-14(12(2)9-11)20(18,19)16-7-5-13(6-8-16)15-10-17/h3-4,9,13H,5-8H2,1-2H3. The van der Waals surface area contributed by atoms with Crippen LogP contribution in [0.3, 0.4) is 0 Å². The number of carbonyl (C=O) groups excluding carboxylic acids is 1. The Labute approximate surface area is 119 Å². The Morgan fingerprint density at radius 1 is 1.25 bits per heavy atom. The normalized spacial score (nSPS) is 17.7.